The molecule has 0 spiro atoms. The highest BCUT2D eigenvalue weighted by atomic mass is 16.1. The fraction of sp³-hybridized carbons (Fsp3) is 0.222. The van der Waals surface area contributed by atoms with Crippen molar-refractivity contribution in [1.82, 2.24) is 0 Å². The fourth-order valence-corrected chi connectivity index (χ4v) is 5.39. The van der Waals surface area contributed by atoms with Gasteiger partial charge in [-0.25, -0.2) is 0 Å². The van der Waals surface area contributed by atoms with E-state index in [2.05, 4.69) is 90.7 Å². The van der Waals surface area contributed by atoms with Crippen LogP contribution in [0.4, 0.5) is 5.69 Å². The molecule has 5 rings (SSSR count). The molecule has 1 aliphatic heterocycles. The van der Waals surface area contributed by atoms with Crippen LogP contribution in [0.1, 0.15) is 30.5 Å². The first-order valence-corrected chi connectivity index (χ1v) is 10.3. The van der Waals surface area contributed by atoms with Gasteiger partial charge in [0.15, 0.2) is 5.78 Å². The minimum absolute atomic E-state index is 0.181. The Kier molecular flexibility index (Phi) is 4.16. The van der Waals surface area contributed by atoms with Crippen molar-refractivity contribution in [3.63, 3.8) is 0 Å². The van der Waals surface area contributed by atoms with Crippen molar-refractivity contribution in [2.45, 2.75) is 32.4 Å². The van der Waals surface area contributed by atoms with Gasteiger partial charge in [0.1, 0.15) is 0 Å². The molecule has 144 valence electrons. The number of hydrogen-bond acceptors (Lipinski definition) is 2. The summed E-state index contributed by atoms with van der Waals surface area (Å²) in [4.78, 5) is 15.4. The third-order valence-corrected chi connectivity index (χ3v) is 6.69. The van der Waals surface area contributed by atoms with Crippen LogP contribution in [0.15, 0.2) is 90.5 Å². The molecule has 29 heavy (non-hydrogen) atoms. The normalized spacial score (nSPS) is 22.6. The second kappa shape index (κ2) is 6.73. The van der Waals surface area contributed by atoms with Gasteiger partial charge in [-0.3, -0.25) is 4.79 Å². The van der Waals surface area contributed by atoms with Crippen LogP contribution in [0.5, 0.6) is 0 Å². The molecule has 0 saturated heterocycles. The zero-order valence-corrected chi connectivity index (χ0v) is 16.9. The zero-order valence-electron chi connectivity index (χ0n) is 16.9. The van der Waals surface area contributed by atoms with Gasteiger partial charge in [-0.1, -0.05) is 78.9 Å². The number of nitrogens with zero attached hydrogens (tertiary/aromatic N) is 1. The van der Waals surface area contributed by atoms with Crippen molar-refractivity contribution in [3.8, 4) is 0 Å². The van der Waals surface area contributed by atoms with E-state index in [0.717, 1.165) is 18.5 Å². The Labute approximate surface area is 172 Å². The Bertz CT molecular complexity index is 1100. The monoisotopic (exact) mass is 379 g/mol. The van der Waals surface area contributed by atoms with Crippen molar-refractivity contribution in [1.29, 1.82) is 0 Å². The van der Waals surface area contributed by atoms with Gasteiger partial charge in [0.2, 0.25) is 0 Å². The molecule has 1 heterocycles. The van der Waals surface area contributed by atoms with Gasteiger partial charge < -0.3 is 4.90 Å². The number of rotatable bonds is 4. The lowest BCUT2D eigenvalue weighted by molar-refractivity contribution is -0.114. The molecule has 2 heteroatoms. The third-order valence-electron chi connectivity index (χ3n) is 6.69. The summed E-state index contributed by atoms with van der Waals surface area (Å²) in [7, 11) is 0. The number of fused-ring (bicyclic) bond motifs is 2. The number of anilines is 1. The van der Waals surface area contributed by atoms with Crippen molar-refractivity contribution < 1.29 is 4.79 Å². The van der Waals surface area contributed by atoms with Gasteiger partial charge in [0, 0.05) is 23.7 Å². The summed E-state index contributed by atoms with van der Waals surface area (Å²) in [5.74, 6) is 0.488. The lowest BCUT2D eigenvalue weighted by Gasteiger charge is -2.60. The van der Waals surface area contributed by atoms with Crippen molar-refractivity contribution in [2.75, 3.05) is 4.90 Å². The summed E-state index contributed by atoms with van der Waals surface area (Å²) in [5.41, 5.74) is 6.97. The number of carbonyl (C=O) groups excluding carboxylic acids is 1. The molecular weight excluding hydrogens is 354 g/mol. The predicted octanol–water partition coefficient (Wildman–Crippen LogP) is 5.68. The van der Waals surface area contributed by atoms with Crippen LogP contribution in [0, 0.1) is 5.92 Å². The van der Waals surface area contributed by atoms with E-state index in [0.29, 0.717) is 5.92 Å². The second-order valence-corrected chi connectivity index (χ2v) is 8.32. The highest BCUT2D eigenvalue weighted by molar-refractivity contribution is 6.09. The Hall–Kier alpha value is -3.13. The molecule has 2 atom stereocenters. The summed E-state index contributed by atoms with van der Waals surface area (Å²) in [6.45, 7) is 4.78. The van der Waals surface area contributed by atoms with Crippen LogP contribution in [-0.4, -0.2) is 11.3 Å². The lowest BCUT2D eigenvalue weighted by Crippen LogP contribution is -2.63. The van der Waals surface area contributed by atoms with Crippen molar-refractivity contribution >= 4 is 17.0 Å². The highest BCUT2D eigenvalue weighted by Crippen LogP contribution is 2.58. The average Bonchev–Trinajstić information content (AvgIpc) is 2.74. The molecule has 0 saturated carbocycles. The third kappa shape index (κ3) is 2.66. The molecule has 0 N–H and O–H groups in total. The van der Waals surface area contributed by atoms with E-state index in [1.165, 1.54) is 28.0 Å². The maximum Gasteiger partial charge on any atom is 0.158 e. The van der Waals surface area contributed by atoms with Crippen LogP contribution in [0.25, 0.3) is 5.57 Å². The number of benzene rings is 3. The molecule has 3 aromatic rings. The highest BCUT2D eigenvalue weighted by Gasteiger charge is 2.58. The SMILES string of the molecule is CC(=O)C1=C(c2ccccc2)[C@H]2Cc3ccccc3N(Cc3ccccc3)[C@@]12C. The summed E-state index contributed by atoms with van der Waals surface area (Å²) in [6.07, 6.45) is 0.971. The molecule has 0 fully saturated rings. The first-order valence-electron chi connectivity index (χ1n) is 10.3. The fourth-order valence-electron chi connectivity index (χ4n) is 5.39. The topological polar surface area (TPSA) is 20.3 Å². The molecule has 0 radical (unpaired) electrons. The van der Waals surface area contributed by atoms with Gasteiger partial charge in [-0.15, -0.1) is 0 Å². The van der Waals surface area contributed by atoms with Crippen molar-refractivity contribution in [2.24, 2.45) is 5.92 Å². The zero-order chi connectivity index (χ0) is 20.0. The molecule has 0 bridgehead atoms. The molecule has 2 nitrogen and oxygen atoms in total. The van der Waals surface area contributed by atoms with Gasteiger partial charge in [0.05, 0.1) is 5.54 Å². The number of Topliss-reactive ketones (excluding diaryl/α,β-unsaturated/α-hetero) is 1. The van der Waals surface area contributed by atoms with E-state index in [4.69, 9.17) is 0 Å². The lowest BCUT2D eigenvalue weighted by atomic mass is 9.55. The number of ketones is 1. The summed E-state index contributed by atoms with van der Waals surface area (Å²) >= 11 is 0. The van der Waals surface area contributed by atoms with E-state index in [1.54, 1.807) is 6.92 Å². The molecule has 3 aromatic carbocycles. The Morgan fingerprint density at radius 2 is 1.55 bits per heavy atom. The van der Waals surface area contributed by atoms with Crippen LogP contribution >= 0.6 is 0 Å². The van der Waals surface area contributed by atoms with E-state index >= 15 is 0 Å². The molecule has 2 aliphatic rings. The first-order chi connectivity index (χ1) is 14.1. The van der Waals surface area contributed by atoms with Crippen LogP contribution in [-0.2, 0) is 17.8 Å². The smallest absolute Gasteiger partial charge is 0.158 e. The Morgan fingerprint density at radius 1 is 0.931 bits per heavy atom. The molecule has 0 unspecified atom stereocenters. The van der Waals surface area contributed by atoms with E-state index < -0.39 is 0 Å². The predicted molar refractivity (Wildman–Crippen MR) is 119 cm³/mol. The minimum atomic E-state index is -0.290. The maximum absolute atomic E-state index is 12.9. The van der Waals surface area contributed by atoms with Crippen LogP contribution < -0.4 is 4.90 Å². The van der Waals surface area contributed by atoms with Gasteiger partial charge in [-0.05, 0) is 48.6 Å². The number of para-hydroxylation sites is 1. The largest absolute Gasteiger partial charge is 0.357 e. The number of carbonyl (C=O) groups is 1. The quantitative estimate of drug-likeness (QED) is 0.581. The van der Waals surface area contributed by atoms with E-state index in [1.807, 2.05) is 6.07 Å². The number of hydrogen-bond donors (Lipinski definition) is 0. The summed E-state index contributed by atoms with van der Waals surface area (Å²) in [5, 5.41) is 0. The molecule has 0 aromatic heterocycles. The van der Waals surface area contributed by atoms with Crippen molar-refractivity contribution in [3.05, 3.63) is 107 Å². The Balaban J connectivity index is 1.69. The summed E-state index contributed by atoms with van der Waals surface area (Å²) < 4.78 is 0. The summed E-state index contributed by atoms with van der Waals surface area (Å²) in [6, 6.07) is 29.7. The molecular formula is C27H25NO. The van der Waals surface area contributed by atoms with Gasteiger partial charge in [-0.2, -0.15) is 0 Å². The maximum atomic E-state index is 12.9. The standard InChI is InChI=1S/C27H25NO/c1-19(29)26-25(21-13-7-4-8-14-21)23-17-22-15-9-10-16-24(22)28(27(23,26)2)18-20-11-5-3-6-12-20/h3-16,23H,17-18H2,1-2H3/t23-,27-/m1/s1. The average molecular weight is 380 g/mol. The van der Waals surface area contributed by atoms with Gasteiger partial charge in [0.25, 0.3) is 0 Å². The van der Waals surface area contributed by atoms with Gasteiger partial charge >= 0.3 is 0 Å². The minimum Gasteiger partial charge on any atom is -0.357 e. The van der Waals surface area contributed by atoms with E-state index in [-0.39, 0.29) is 11.3 Å². The molecule has 0 amide bonds. The first kappa shape index (κ1) is 17.9. The Morgan fingerprint density at radius 3 is 2.24 bits per heavy atom. The van der Waals surface area contributed by atoms with Crippen LogP contribution in [0.3, 0.4) is 0 Å². The van der Waals surface area contributed by atoms with Crippen LogP contribution in [0.2, 0.25) is 0 Å². The van der Waals surface area contributed by atoms with E-state index in [9.17, 15) is 4.79 Å². The molecule has 1 aliphatic carbocycles. The second-order valence-electron chi connectivity index (χ2n) is 8.32.